The van der Waals surface area contributed by atoms with Gasteiger partial charge in [0.2, 0.25) is 0 Å². The third kappa shape index (κ3) is 3.32. The first-order chi connectivity index (χ1) is 8.97. The van der Waals surface area contributed by atoms with Crippen molar-refractivity contribution in [2.24, 2.45) is 0 Å². The molecule has 0 saturated carbocycles. The lowest BCUT2D eigenvalue weighted by Gasteiger charge is -2.17. The SMILES string of the molecule is Cc1cc(Br)cc(NC(C)c2c(F)cccc2F)c1. The van der Waals surface area contributed by atoms with E-state index in [1.807, 2.05) is 25.1 Å². The van der Waals surface area contributed by atoms with Gasteiger partial charge in [0.15, 0.2) is 0 Å². The Morgan fingerprint density at radius 1 is 1.11 bits per heavy atom. The molecule has 2 aromatic rings. The number of hydrogen-bond acceptors (Lipinski definition) is 1. The summed E-state index contributed by atoms with van der Waals surface area (Å²) in [6.45, 7) is 3.70. The van der Waals surface area contributed by atoms with Crippen LogP contribution in [-0.4, -0.2) is 0 Å². The highest BCUT2D eigenvalue weighted by atomic mass is 79.9. The first-order valence-corrected chi connectivity index (χ1v) is 6.74. The minimum absolute atomic E-state index is 0.0557. The normalized spacial score (nSPS) is 12.3. The van der Waals surface area contributed by atoms with E-state index in [0.29, 0.717) is 0 Å². The molecule has 0 bridgehead atoms. The fraction of sp³-hybridized carbons (Fsp3) is 0.200. The number of nitrogens with one attached hydrogen (secondary N) is 1. The number of benzene rings is 2. The number of halogens is 3. The zero-order valence-electron chi connectivity index (χ0n) is 10.7. The van der Waals surface area contributed by atoms with Gasteiger partial charge in [0.1, 0.15) is 11.6 Å². The van der Waals surface area contributed by atoms with Crippen LogP contribution in [0.15, 0.2) is 40.9 Å². The average Bonchev–Trinajstić information content (AvgIpc) is 2.26. The van der Waals surface area contributed by atoms with Gasteiger partial charge in [0.25, 0.3) is 0 Å². The second kappa shape index (κ2) is 5.70. The summed E-state index contributed by atoms with van der Waals surface area (Å²) in [4.78, 5) is 0. The topological polar surface area (TPSA) is 12.0 Å². The Bertz CT molecular complexity index is 558. The lowest BCUT2D eigenvalue weighted by molar-refractivity contribution is 0.544. The van der Waals surface area contributed by atoms with E-state index in [1.165, 1.54) is 18.2 Å². The van der Waals surface area contributed by atoms with Crippen molar-refractivity contribution in [1.29, 1.82) is 0 Å². The molecule has 2 rings (SSSR count). The van der Waals surface area contributed by atoms with Crippen LogP contribution < -0.4 is 5.32 Å². The Morgan fingerprint density at radius 2 is 1.74 bits per heavy atom. The molecule has 1 unspecified atom stereocenters. The molecule has 0 saturated heterocycles. The van der Waals surface area contributed by atoms with E-state index < -0.39 is 17.7 Å². The summed E-state index contributed by atoms with van der Waals surface area (Å²) >= 11 is 3.40. The van der Waals surface area contributed by atoms with E-state index in [9.17, 15) is 8.78 Å². The zero-order chi connectivity index (χ0) is 14.0. The molecule has 19 heavy (non-hydrogen) atoms. The van der Waals surface area contributed by atoms with Gasteiger partial charge in [-0.1, -0.05) is 22.0 Å². The van der Waals surface area contributed by atoms with Crippen LogP contribution in [0, 0.1) is 18.6 Å². The van der Waals surface area contributed by atoms with Crippen LogP contribution in [0.2, 0.25) is 0 Å². The second-order valence-electron chi connectivity index (χ2n) is 4.52. The fourth-order valence-electron chi connectivity index (χ4n) is 2.07. The molecule has 0 spiro atoms. The molecule has 1 nitrogen and oxygen atoms in total. The lowest BCUT2D eigenvalue weighted by Crippen LogP contribution is -2.11. The van der Waals surface area contributed by atoms with E-state index in [4.69, 9.17) is 0 Å². The molecule has 0 aromatic heterocycles. The van der Waals surface area contributed by atoms with E-state index in [0.717, 1.165) is 15.7 Å². The minimum atomic E-state index is -0.535. The van der Waals surface area contributed by atoms with Crippen molar-refractivity contribution in [3.63, 3.8) is 0 Å². The highest BCUT2D eigenvalue weighted by Crippen LogP contribution is 2.26. The summed E-state index contributed by atoms with van der Waals surface area (Å²) < 4.78 is 28.3. The van der Waals surface area contributed by atoms with Crippen molar-refractivity contribution in [3.8, 4) is 0 Å². The highest BCUT2D eigenvalue weighted by Gasteiger charge is 2.15. The minimum Gasteiger partial charge on any atom is -0.378 e. The molecule has 0 aliphatic heterocycles. The number of hydrogen-bond donors (Lipinski definition) is 1. The van der Waals surface area contributed by atoms with Crippen LogP contribution in [0.3, 0.4) is 0 Å². The van der Waals surface area contributed by atoms with Crippen molar-refractivity contribution in [1.82, 2.24) is 0 Å². The summed E-state index contributed by atoms with van der Waals surface area (Å²) in [5.41, 5.74) is 1.94. The molecule has 1 N–H and O–H groups in total. The van der Waals surface area contributed by atoms with Gasteiger partial charge in [-0.25, -0.2) is 8.78 Å². The van der Waals surface area contributed by atoms with Crippen molar-refractivity contribution in [2.75, 3.05) is 5.32 Å². The molecular weight excluding hydrogens is 312 g/mol. The monoisotopic (exact) mass is 325 g/mol. The van der Waals surface area contributed by atoms with Gasteiger partial charge in [0.05, 0.1) is 6.04 Å². The van der Waals surface area contributed by atoms with Gasteiger partial charge in [-0.15, -0.1) is 0 Å². The number of rotatable bonds is 3. The molecule has 0 aliphatic carbocycles. The Balaban J connectivity index is 2.28. The van der Waals surface area contributed by atoms with Crippen molar-refractivity contribution in [2.45, 2.75) is 19.9 Å². The van der Waals surface area contributed by atoms with Crippen molar-refractivity contribution in [3.05, 3.63) is 63.6 Å². The maximum atomic E-state index is 13.7. The summed E-state index contributed by atoms with van der Waals surface area (Å²) in [6.07, 6.45) is 0. The van der Waals surface area contributed by atoms with Crippen LogP contribution in [0.25, 0.3) is 0 Å². The summed E-state index contributed by atoms with van der Waals surface area (Å²) in [7, 11) is 0. The van der Waals surface area contributed by atoms with Crippen LogP contribution in [0.5, 0.6) is 0 Å². The van der Waals surface area contributed by atoms with Gasteiger partial charge in [0, 0.05) is 15.7 Å². The van der Waals surface area contributed by atoms with Gasteiger partial charge >= 0.3 is 0 Å². The second-order valence-corrected chi connectivity index (χ2v) is 5.43. The molecule has 0 radical (unpaired) electrons. The highest BCUT2D eigenvalue weighted by molar-refractivity contribution is 9.10. The van der Waals surface area contributed by atoms with E-state index in [-0.39, 0.29) is 5.56 Å². The molecular formula is C15H14BrF2N. The molecule has 1 atom stereocenters. The van der Waals surface area contributed by atoms with Gasteiger partial charge < -0.3 is 5.32 Å². The Kier molecular flexibility index (Phi) is 4.20. The third-order valence-electron chi connectivity index (χ3n) is 2.86. The Morgan fingerprint density at radius 3 is 2.32 bits per heavy atom. The van der Waals surface area contributed by atoms with Gasteiger partial charge in [-0.2, -0.15) is 0 Å². The van der Waals surface area contributed by atoms with Crippen molar-refractivity contribution >= 4 is 21.6 Å². The molecule has 0 fully saturated rings. The van der Waals surface area contributed by atoms with Crippen LogP contribution in [0.1, 0.15) is 24.1 Å². The van der Waals surface area contributed by atoms with Crippen LogP contribution >= 0.6 is 15.9 Å². The van der Waals surface area contributed by atoms with Crippen molar-refractivity contribution < 1.29 is 8.78 Å². The zero-order valence-corrected chi connectivity index (χ0v) is 12.3. The van der Waals surface area contributed by atoms with E-state index in [2.05, 4.69) is 21.2 Å². The summed E-state index contributed by atoms with van der Waals surface area (Å²) in [6, 6.07) is 9.23. The Labute approximate surface area is 119 Å². The lowest BCUT2D eigenvalue weighted by atomic mass is 10.1. The van der Waals surface area contributed by atoms with E-state index >= 15 is 0 Å². The summed E-state index contributed by atoms with van der Waals surface area (Å²) in [5, 5.41) is 3.11. The standard InChI is InChI=1S/C15H14BrF2N/c1-9-6-11(16)8-12(7-9)19-10(2)15-13(17)4-3-5-14(15)18/h3-8,10,19H,1-2H3. The first kappa shape index (κ1) is 14.0. The predicted molar refractivity (Wildman–Crippen MR) is 77.3 cm³/mol. The quantitative estimate of drug-likeness (QED) is 0.816. The molecule has 100 valence electrons. The maximum absolute atomic E-state index is 13.7. The average molecular weight is 326 g/mol. The van der Waals surface area contributed by atoms with Crippen LogP contribution in [-0.2, 0) is 0 Å². The fourth-order valence-corrected chi connectivity index (χ4v) is 2.67. The van der Waals surface area contributed by atoms with E-state index in [1.54, 1.807) is 6.92 Å². The molecule has 0 heterocycles. The molecule has 4 heteroatoms. The predicted octanol–water partition coefficient (Wildman–Crippen LogP) is 5.21. The number of aryl methyl sites for hydroxylation is 1. The molecule has 2 aromatic carbocycles. The summed E-state index contributed by atoms with van der Waals surface area (Å²) in [5.74, 6) is -1.07. The van der Waals surface area contributed by atoms with Gasteiger partial charge in [-0.3, -0.25) is 0 Å². The smallest absolute Gasteiger partial charge is 0.131 e. The third-order valence-corrected chi connectivity index (χ3v) is 3.32. The largest absolute Gasteiger partial charge is 0.378 e. The Hall–Kier alpha value is -1.42. The molecule has 0 amide bonds. The first-order valence-electron chi connectivity index (χ1n) is 5.95. The van der Waals surface area contributed by atoms with Crippen LogP contribution in [0.4, 0.5) is 14.5 Å². The maximum Gasteiger partial charge on any atom is 0.131 e. The number of anilines is 1. The van der Waals surface area contributed by atoms with Gasteiger partial charge in [-0.05, 0) is 49.7 Å². The molecule has 0 aliphatic rings.